The van der Waals surface area contributed by atoms with Crippen LogP contribution in [0.2, 0.25) is 0 Å². The first-order valence-corrected chi connectivity index (χ1v) is 6.69. The minimum absolute atomic E-state index is 0.133. The van der Waals surface area contributed by atoms with Gasteiger partial charge in [0.2, 0.25) is 5.91 Å². The Kier molecular flexibility index (Phi) is 5.36. The molecule has 19 heavy (non-hydrogen) atoms. The second kappa shape index (κ2) is 6.57. The average Bonchev–Trinajstić information content (AvgIpc) is 2.31. The Bertz CT molecular complexity index is 413. The summed E-state index contributed by atoms with van der Waals surface area (Å²) in [5.74, 6) is 0.0809. The summed E-state index contributed by atoms with van der Waals surface area (Å²) < 4.78 is 0. The highest BCUT2D eigenvalue weighted by molar-refractivity contribution is 5.82. The molecule has 0 aliphatic carbocycles. The van der Waals surface area contributed by atoms with E-state index in [2.05, 4.69) is 12.2 Å². The van der Waals surface area contributed by atoms with Gasteiger partial charge in [-0.25, -0.2) is 0 Å². The summed E-state index contributed by atoms with van der Waals surface area (Å²) >= 11 is 0. The van der Waals surface area contributed by atoms with E-state index in [1.54, 1.807) is 24.3 Å². The van der Waals surface area contributed by atoms with Crippen molar-refractivity contribution in [2.75, 3.05) is 0 Å². The second-order valence-corrected chi connectivity index (χ2v) is 5.60. The lowest BCUT2D eigenvalue weighted by Gasteiger charge is -2.27. The third kappa shape index (κ3) is 5.30. The molecule has 0 saturated carbocycles. The quantitative estimate of drug-likeness (QED) is 0.735. The zero-order chi connectivity index (χ0) is 14.5. The normalized spacial score (nSPS) is 13.1. The Hall–Kier alpha value is -1.55. The van der Waals surface area contributed by atoms with Gasteiger partial charge in [-0.3, -0.25) is 4.79 Å². The molecule has 0 saturated heterocycles. The van der Waals surface area contributed by atoms with E-state index in [9.17, 15) is 9.90 Å². The van der Waals surface area contributed by atoms with Gasteiger partial charge in [0, 0.05) is 5.54 Å². The van der Waals surface area contributed by atoms with Gasteiger partial charge in [0.1, 0.15) is 5.75 Å². The van der Waals surface area contributed by atoms with Crippen LogP contribution in [0, 0.1) is 0 Å². The van der Waals surface area contributed by atoms with E-state index < -0.39 is 6.04 Å². The van der Waals surface area contributed by atoms with Crippen molar-refractivity contribution < 1.29 is 9.90 Å². The first kappa shape index (κ1) is 15.5. The number of phenols is 1. The molecule has 0 spiro atoms. The Morgan fingerprint density at radius 3 is 2.47 bits per heavy atom. The molecule has 1 atom stereocenters. The van der Waals surface area contributed by atoms with Crippen LogP contribution < -0.4 is 11.1 Å². The fourth-order valence-corrected chi connectivity index (χ4v) is 2.09. The highest BCUT2D eigenvalue weighted by Gasteiger charge is 2.23. The van der Waals surface area contributed by atoms with Crippen LogP contribution in [0.15, 0.2) is 24.3 Å². The summed E-state index contributed by atoms with van der Waals surface area (Å²) in [5.41, 5.74) is 6.63. The Morgan fingerprint density at radius 2 is 1.95 bits per heavy atom. The van der Waals surface area contributed by atoms with Crippen molar-refractivity contribution in [3.63, 3.8) is 0 Å². The van der Waals surface area contributed by atoms with E-state index in [0.29, 0.717) is 6.42 Å². The second-order valence-electron chi connectivity index (χ2n) is 5.60. The molecule has 1 aromatic carbocycles. The predicted octanol–water partition coefficient (Wildman–Crippen LogP) is 1.96. The number of hydrogen-bond donors (Lipinski definition) is 3. The summed E-state index contributed by atoms with van der Waals surface area (Å²) in [5, 5.41) is 12.2. The molecule has 0 radical (unpaired) electrons. The first-order chi connectivity index (χ1) is 8.84. The van der Waals surface area contributed by atoms with Gasteiger partial charge < -0.3 is 16.2 Å². The minimum Gasteiger partial charge on any atom is -0.508 e. The molecule has 0 fully saturated rings. The van der Waals surface area contributed by atoms with Crippen LogP contribution in [0.3, 0.4) is 0 Å². The molecule has 106 valence electrons. The van der Waals surface area contributed by atoms with Gasteiger partial charge in [-0.05, 0) is 44.4 Å². The van der Waals surface area contributed by atoms with Crippen LogP contribution in [-0.2, 0) is 11.2 Å². The zero-order valence-corrected chi connectivity index (χ0v) is 11.9. The van der Waals surface area contributed by atoms with E-state index >= 15 is 0 Å². The summed E-state index contributed by atoms with van der Waals surface area (Å²) in [7, 11) is 0. The number of carbonyl (C=O) groups excluding carboxylic acids is 1. The monoisotopic (exact) mass is 264 g/mol. The maximum absolute atomic E-state index is 12.0. The lowest BCUT2D eigenvalue weighted by Crippen LogP contribution is -2.51. The van der Waals surface area contributed by atoms with Gasteiger partial charge in [0.05, 0.1) is 6.04 Å². The largest absolute Gasteiger partial charge is 0.508 e. The van der Waals surface area contributed by atoms with E-state index in [1.165, 1.54) is 0 Å². The predicted molar refractivity (Wildman–Crippen MR) is 76.9 cm³/mol. The lowest BCUT2D eigenvalue weighted by atomic mass is 9.97. The molecule has 0 aromatic heterocycles. The highest BCUT2D eigenvalue weighted by atomic mass is 16.3. The molecule has 1 amide bonds. The molecule has 0 bridgehead atoms. The number of nitrogens with one attached hydrogen (secondary N) is 1. The van der Waals surface area contributed by atoms with Crippen LogP contribution in [0.25, 0.3) is 0 Å². The Balaban J connectivity index is 2.55. The first-order valence-electron chi connectivity index (χ1n) is 6.69. The van der Waals surface area contributed by atoms with Crippen LogP contribution in [0.1, 0.15) is 39.2 Å². The van der Waals surface area contributed by atoms with E-state index in [0.717, 1.165) is 18.4 Å². The summed E-state index contributed by atoms with van der Waals surface area (Å²) in [4.78, 5) is 12.0. The molecular weight excluding hydrogens is 240 g/mol. The molecule has 1 unspecified atom stereocenters. The number of aromatic hydroxyl groups is 1. The molecule has 0 heterocycles. The van der Waals surface area contributed by atoms with Gasteiger partial charge in [-0.2, -0.15) is 0 Å². The van der Waals surface area contributed by atoms with Crippen molar-refractivity contribution >= 4 is 5.91 Å². The minimum atomic E-state index is -0.569. The van der Waals surface area contributed by atoms with Gasteiger partial charge in [-0.15, -0.1) is 0 Å². The maximum Gasteiger partial charge on any atom is 0.237 e. The maximum atomic E-state index is 12.0. The number of nitrogens with two attached hydrogens (primary N) is 1. The summed E-state index contributed by atoms with van der Waals surface area (Å²) in [6, 6.07) is 6.18. The number of hydrogen-bond acceptors (Lipinski definition) is 3. The topological polar surface area (TPSA) is 75.4 Å². The third-order valence-electron chi connectivity index (χ3n) is 3.07. The van der Waals surface area contributed by atoms with Crippen molar-refractivity contribution in [3.8, 4) is 5.75 Å². The number of benzene rings is 1. The van der Waals surface area contributed by atoms with E-state index in [1.807, 2.05) is 13.8 Å². The third-order valence-corrected chi connectivity index (χ3v) is 3.07. The summed E-state index contributed by atoms with van der Waals surface area (Å²) in [6.07, 6.45) is 2.40. The van der Waals surface area contributed by atoms with E-state index in [-0.39, 0.29) is 17.2 Å². The van der Waals surface area contributed by atoms with Gasteiger partial charge in [-0.1, -0.05) is 25.5 Å². The fraction of sp³-hybridized carbons (Fsp3) is 0.533. The van der Waals surface area contributed by atoms with Crippen LogP contribution >= 0.6 is 0 Å². The number of carbonyl (C=O) groups is 1. The molecule has 0 aliphatic rings. The highest BCUT2D eigenvalue weighted by Crippen LogP contribution is 2.13. The molecule has 0 aliphatic heterocycles. The molecule has 1 aromatic rings. The van der Waals surface area contributed by atoms with Crippen molar-refractivity contribution in [2.45, 2.75) is 51.6 Å². The van der Waals surface area contributed by atoms with Crippen molar-refractivity contribution in [1.29, 1.82) is 0 Å². The molecule has 4 N–H and O–H groups in total. The van der Waals surface area contributed by atoms with Crippen molar-refractivity contribution in [2.24, 2.45) is 5.73 Å². The molecule has 1 rings (SSSR count). The van der Waals surface area contributed by atoms with Crippen LogP contribution in [-0.4, -0.2) is 22.6 Å². The lowest BCUT2D eigenvalue weighted by molar-refractivity contribution is -0.124. The fourth-order valence-electron chi connectivity index (χ4n) is 2.09. The zero-order valence-electron chi connectivity index (χ0n) is 11.9. The van der Waals surface area contributed by atoms with Gasteiger partial charge in [0.15, 0.2) is 0 Å². The number of rotatable bonds is 6. The molecular formula is C15H24N2O2. The Morgan fingerprint density at radius 1 is 1.37 bits per heavy atom. The number of phenolic OH excluding ortho intramolecular Hbond substituents is 1. The SMILES string of the molecule is CCCC(C)(C)NC(=O)C(N)Cc1ccc(O)cc1. The van der Waals surface area contributed by atoms with Gasteiger partial charge >= 0.3 is 0 Å². The van der Waals surface area contributed by atoms with Crippen molar-refractivity contribution in [1.82, 2.24) is 5.32 Å². The van der Waals surface area contributed by atoms with Crippen molar-refractivity contribution in [3.05, 3.63) is 29.8 Å². The van der Waals surface area contributed by atoms with Gasteiger partial charge in [0.25, 0.3) is 0 Å². The Labute approximate surface area is 115 Å². The molecule has 4 heteroatoms. The number of amides is 1. The van der Waals surface area contributed by atoms with Crippen LogP contribution in [0.5, 0.6) is 5.75 Å². The molecule has 4 nitrogen and oxygen atoms in total. The standard InChI is InChI=1S/C15H24N2O2/c1-4-9-15(2,3)17-14(19)13(16)10-11-5-7-12(18)8-6-11/h5-8,13,18H,4,9-10,16H2,1-3H3,(H,17,19). The smallest absolute Gasteiger partial charge is 0.237 e. The van der Waals surface area contributed by atoms with Crippen LogP contribution in [0.4, 0.5) is 0 Å². The van der Waals surface area contributed by atoms with E-state index in [4.69, 9.17) is 5.73 Å². The average molecular weight is 264 g/mol. The summed E-state index contributed by atoms with van der Waals surface area (Å²) in [6.45, 7) is 6.09.